The fourth-order valence-corrected chi connectivity index (χ4v) is 2.43. The number of aryl methyl sites for hydroxylation is 1. The number of rotatable bonds is 3. The Morgan fingerprint density at radius 2 is 2.25 bits per heavy atom. The monoisotopic (exact) mass is 221 g/mol. The van der Waals surface area contributed by atoms with Crippen molar-refractivity contribution in [3.05, 3.63) is 29.3 Å². The van der Waals surface area contributed by atoms with E-state index in [2.05, 4.69) is 12.1 Å². The lowest BCUT2D eigenvalue weighted by atomic mass is 9.77. The van der Waals surface area contributed by atoms with Gasteiger partial charge < -0.3 is 15.6 Å². The lowest BCUT2D eigenvalue weighted by Crippen LogP contribution is -2.45. The molecule has 3 heteroatoms. The lowest BCUT2D eigenvalue weighted by molar-refractivity contribution is 0.225. The van der Waals surface area contributed by atoms with Crippen molar-refractivity contribution in [1.82, 2.24) is 0 Å². The molecule has 1 aliphatic rings. The fraction of sp³-hybridized carbons (Fsp3) is 0.538. The molecule has 0 aromatic heterocycles. The molecule has 1 atom stereocenters. The highest BCUT2D eigenvalue weighted by atomic mass is 16.5. The van der Waals surface area contributed by atoms with Gasteiger partial charge in [-0.2, -0.15) is 0 Å². The molecule has 1 unspecified atom stereocenters. The molecule has 1 aliphatic carbocycles. The van der Waals surface area contributed by atoms with Crippen LogP contribution in [0, 0.1) is 0 Å². The molecule has 3 nitrogen and oxygen atoms in total. The highest BCUT2D eigenvalue weighted by Crippen LogP contribution is 2.31. The zero-order valence-corrected chi connectivity index (χ0v) is 9.70. The smallest absolute Gasteiger partial charge is 0.119 e. The number of hydrogen-bond acceptors (Lipinski definition) is 3. The molecule has 0 bridgehead atoms. The van der Waals surface area contributed by atoms with Crippen LogP contribution in [0.15, 0.2) is 18.2 Å². The maximum absolute atomic E-state index is 9.03. The average Bonchev–Trinajstić information content (AvgIpc) is 2.28. The number of methoxy groups -OCH3 is 1. The van der Waals surface area contributed by atoms with Gasteiger partial charge in [-0.1, -0.05) is 6.07 Å². The number of aliphatic hydroxyl groups excluding tert-OH is 1. The highest BCUT2D eigenvalue weighted by Gasteiger charge is 2.29. The Labute approximate surface area is 96.2 Å². The second-order valence-electron chi connectivity index (χ2n) is 4.65. The van der Waals surface area contributed by atoms with Gasteiger partial charge >= 0.3 is 0 Å². The van der Waals surface area contributed by atoms with Gasteiger partial charge in [0.25, 0.3) is 0 Å². The van der Waals surface area contributed by atoms with E-state index in [1.54, 1.807) is 7.11 Å². The Balaban J connectivity index is 2.24. The molecular formula is C13H19NO2. The van der Waals surface area contributed by atoms with Crippen LogP contribution in [-0.2, 0) is 12.8 Å². The van der Waals surface area contributed by atoms with Crippen LogP contribution in [0.5, 0.6) is 5.75 Å². The molecule has 0 heterocycles. The van der Waals surface area contributed by atoms with Crippen molar-refractivity contribution < 1.29 is 9.84 Å². The van der Waals surface area contributed by atoms with Crippen molar-refractivity contribution in [2.45, 2.75) is 31.2 Å². The standard InChI is InChI=1S/C13H19NO2/c1-16-12-3-2-10-4-5-13(14,6-7-15)9-11(10)8-12/h2-3,8,15H,4-7,9,14H2,1H3. The van der Waals surface area contributed by atoms with Gasteiger partial charge in [0, 0.05) is 12.1 Å². The first-order valence-corrected chi connectivity index (χ1v) is 5.72. The number of aliphatic hydroxyl groups is 1. The largest absolute Gasteiger partial charge is 0.497 e. The molecule has 16 heavy (non-hydrogen) atoms. The maximum Gasteiger partial charge on any atom is 0.119 e. The van der Waals surface area contributed by atoms with E-state index in [1.807, 2.05) is 6.07 Å². The molecule has 1 aromatic rings. The molecule has 2 rings (SSSR count). The molecule has 0 spiro atoms. The summed E-state index contributed by atoms with van der Waals surface area (Å²) in [6.45, 7) is 0.163. The third kappa shape index (κ3) is 2.20. The summed E-state index contributed by atoms with van der Waals surface area (Å²) in [7, 11) is 1.67. The minimum Gasteiger partial charge on any atom is -0.497 e. The fourth-order valence-electron chi connectivity index (χ4n) is 2.43. The van der Waals surface area contributed by atoms with E-state index < -0.39 is 0 Å². The molecule has 88 valence electrons. The first kappa shape index (κ1) is 11.4. The minimum atomic E-state index is -0.242. The SMILES string of the molecule is COc1ccc2c(c1)CC(N)(CCO)CC2. The van der Waals surface area contributed by atoms with Crippen LogP contribution in [0.1, 0.15) is 24.0 Å². The molecule has 0 saturated carbocycles. The molecule has 1 aromatic carbocycles. The first-order chi connectivity index (χ1) is 7.67. The predicted octanol–water partition coefficient (Wildman–Crippen LogP) is 1.26. The van der Waals surface area contributed by atoms with Gasteiger partial charge in [0.2, 0.25) is 0 Å². The van der Waals surface area contributed by atoms with E-state index in [9.17, 15) is 0 Å². The van der Waals surface area contributed by atoms with Gasteiger partial charge in [-0.15, -0.1) is 0 Å². The van der Waals surface area contributed by atoms with Gasteiger partial charge in [-0.05, 0) is 48.9 Å². The Bertz CT molecular complexity index is 378. The zero-order chi connectivity index (χ0) is 11.6. The van der Waals surface area contributed by atoms with Crippen LogP contribution in [0.4, 0.5) is 0 Å². The van der Waals surface area contributed by atoms with Gasteiger partial charge in [-0.3, -0.25) is 0 Å². The molecule has 3 N–H and O–H groups in total. The maximum atomic E-state index is 9.03. The Kier molecular flexibility index (Phi) is 3.17. The van der Waals surface area contributed by atoms with Crippen LogP contribution >= 0.6 is 0 Å². The van der Waals surface area contributed by atoms with E-state index in [-0.39, 0.29) is 12.1 Å². The molecular weight excluding hydrogens is 202 g/mol. The second kappa shape index (κ2) is 4.44. The summed E-state index contributed by atoms with van der Waals surface area (Å²) in [6.07, 6.45) is 3.45. The molecule has 0 amide bonds. The van der Waals surface area contributed by atoms with Crippen LogP contribution in [-0.4, -0.2) is 24.4 Å². The van der Waals surface area contributed by atoms with Crippen molar-refractivity contribution >= 4 is 0 Å². The van der Waals surface area contributed by atoms with Crippen molar-refractivity contribution in [2.24, 2.45) is 5.73 Å². The number of fused-ring (bicyclic) bond motifs is 1. The van der Waals surface area contributed by atoms with E-state index in [0.29, 0.717) is 6.42 Å². The predicted molar refractivity (Wildman–Crippen MR) is 63.6 cm³/mol. The third-order valence-electron chi connectivity index (χ3n) is 3.46. The van der Waals surface area contributed by atoms with Crippen molar-refractivity contribution in [1.29, 1.82) is 0 Å². The minimum absolute atomic E-state index is 0.163. The summed E-state index contributed by atoms with van der Waals surface area (Å²) in [6, 6.07) is 6.18. The Morgan fingerprint density at radius 1 is 1.44 bits per heavy atom. The molecule has 0 radical (unpaired) electrons. The molecule has 0 saturated heterocycles. The summed E-state index contributed by atoms with van der Waals surface area (Å²) >= 11 is 0. The van der Waals surface area contributed by atoms with Gasteiger partial charge in [0.15, 0.2) is 0 Å². The Morgan fingerprint density at radius 3 is 2.94 bits per heavy atom. The quantitative estimate of drug-likeness (QED) is 0.808. The molecule has 0 fully saturated rings. The van der Waals surface area contributed by atoms with E-state index >= 15 is 0 Å². The van der Waals surface area contributed by atoms with Crippen LogP contribution in [0.3, 0.4) is 0 Å². The van der Waals surface area contributed by atoms with Crippen molar-refractivity contribution in [3.8, 4) is 5.75 Å². The second-order valence-corrected chi connectivity index (χ2v) is 4.65. The molecule has 0 aliphatic heterocycles. The summed E-state index contributed by atoms with van der Waals surface area (Å²) < 4.78 is 5.22. The third-order valence-corrected chi connectivity index (χ3v) is 3.46. The van der Waals surface area contributed by atoms with Crippen molar-refractivity contribution in [2.75, 3.05) is 13.7 Å². The normalized spacial score (nSPS) is 23.9. The van der Waals surface area contributed by atoms with Crippen LogP contribution < -0.4 is 10.5 Å². The van der Waals surface area contributed by atoms with Crippen LogP contribution in [0.2, 0.25) is 0 Å². The number of benzene rings is 1. The van der Waals surface area contributed by atoms with E-state index in [4.69, 9.17) is 15.6 Å². The first-order valence-electron chi connectivity index (χ1n) is 5.72. The number of nitrogens with two attached hydrogens (primary N) is 1. The van der Waals surface area contributed by atoms with Crippen molar-refractivity contribution in [3.63, 3.8) is 0 Å². The summed E-state index contributed by atoms with van der Waals surface area (Å²) in [4.78, 5) is 0. The van der Waals surface area contributed by atoms with Gasteiger partial charge in [0.1, 0.15) is 5.75 Å². The Hall–Kier alpha value is -1.06. The lowest BCUT2D eigenvalue weighted by Gasteiger charge is -2.34. The summed E-state index contributed by atoms with van der Waals surface area (Å²) in [5, 5.41) is 9.03. The summed E-state index contributed by atoms with van der Waals surface area (Å²) in [5.41, 5.74) is 8.66. The average molecular weight is 221 g/mol. The number of hydrogen-bond donors (Lipinski definition) is 2. The van der Waals surface area contributed by atoms with Gasteiger partial charge in [-0.25, -0.2) is 0 Å². The topological polar surface area (TPSA) is 55.5 Å². The summed E-state index contributed by atoms with van der Waals surface area (Å²) in [5.74, 6) is 0.881. The number of ether oxygens (including phenoxy) is 1. The highest BCUT2D eigenvalue weighted by molar-refractivity contribution is 5.38. The van der Waals surface area contributed by atoms with E-state index in [0.717, 1.165) is 25.0 Å². The zero-order valence-electron chi connectivity index (χ0n) is 9.70. The van der Waals surface area contributed by atoms with Crippen LogP contribution in [0.25, 0.3) is 0 Å². The van der Waals surface area contributed by atoms with E-state index in [1.165, 1.54) is 11.1 Å². The van der Waals surface area contributed by atoms with Gasteiger partial charge in [0.05, 0.1) is 7.11 Å².